The lowest BCUT2D eigenvalue weighted by molar-refractivity contribution is -0.137. The number of pyridine rings is 1. The molecule has 2 aliphatic rings. The number of aromatic nitrogens is 3. The largest absolute Gasteiger partial charge is 0.491 e. The summed E-state index contributed by atoms with van der Waals surface area (Å²) in [6, 6.07) is 11.1. The summed E-state index contributed by atoms with van der Waals surface area (Å²) in [6.45, 7) is 4.70. The third kappa shape index (κ3) is 5.64. The van der Waals surface area contributed by atoms with Crippen LogP contribution in [0.4, 0.5) is 24.0 Å². The average molecular weight is 704 g/mol. The number of benzene rings is 2. The third-order valence-corrected chi connectivity index (χ3v) is 11.1. The Balaban J connectivity index is 1.50. The zero-order valence-corrected chi connectivity index (χ0v) is 27.7. The van der Waals surface area contributed by atoms with Crippen molar-refractivity contribution in [3.63, 3.8) is 0 Å². The van der Waals surface area contributed by atoms with E-state index in [2.05, 4.69) is 27.9 Å². The monoisotopic (exact) mass is 703 g/mol. The predicted octanol–water partition coefficient (Wildman–Crippen LogP) is 6.17. The van der Waals surface area contributed by atoms with E-state index in [4.69, 9.17) is 4.74 Å². The summed E-state index contributed by atoms with van der Waals surface area (Å²) >= 11 is 2.51. The Kier molecular flexibility index (Phi) is 8.45. The van der Waals surface area contributed by atoms with E-state index in [1.165, 1.54) is 33.7 Å². The first-order chi connectivity index (χ1) is 23.6. The van der Waals surface area contributed by atoms with Crippen molar-refractivity contribution < 1.29 is 22.7 Å². The highest BCUT2D eigenvalue weighted by Gasteiger charge is 2.40. The molecule has 250 valence electrons. The van der Waals surface area contributed by atoms with Crippen LogP contribution in [0.2, 0.25) is 0 Å². The Hall–Kier alpha value is -5.07. The molecule has 0 bridgehead atoms. The number of alkyl halides is 3. The number of fused-ring (bicyclic) bond motifs is 1. The Labute approximate surface area is 286 Å². The number of piperazine rings is 1. The Morgan fingerprint density at radius 3 is 2.63 bits per heavy atom. The van der Waals surface area contributed by atoms with E-state index >= 15 is 13.2 Å². The van der Waals surface area contributed by atoms with Crippen LogP contribution < -0.4 is 20.6 Å². The van der Waals surface area contributed by atoms with Gasteiger partial charge in [-0.3, -0.25) is 14.3 Å². The fourth-order valence-electron chi connectivity index (χ4n) is 6.48. The fourth-order valence-corrected chi connectivity index (χ4v) is 8.83. The second kappa shape index (κ2) is 12.8. The first kappa shape index (κ1) is 32.5. The van der Waals surface area contributed by atoms with Crippen LogP contribution in [0.1, 0.15) is 17.2 Å². The number of halogens is 3. The topological polar surface area (TPSA) is 116 Å². The number of rotatable bonds is 7. The number of thioether (sulfide) groups is 1. The van der Waals surface area contributed by atoms with Crippen LogP contribution in [0.5, 0.6) is 5.75 Å². The van der Waals surface area contributed by atoms with Crippen LogP contribution in [0, 0.1) is 11.3 Å². The van der Waals surface area contributed by atoms with Gasteiger partial charge in [0.05, 0.1) is 22.7 Å². The minimum absolute atomic E-state index is 0.0649. The van der Waals surface area contributed by atoms with Gasteiger partial charge in [-0.15, -0.1) is 23.1 Å². The van der Waals surface area contributed by atoms with Crippen LogP contribution in [0.15, 0.2) is 71.1 Å². The molecule has 15 heteroatoms. The highest BCUT2D eigenvalue weighted by molar-refractivity contribution is 7.99. The molecular weight excluding hydrogens is 676 g/mol. The molecular formula is C34H28F3N7O3S2. The summed E-state index contributed by atoms with van der Waals surface area (Å²) in [5.41, 5.74) is -0.774. The molecule has 10 nitrogen and oxygen atoms in total. The first-order valence-corrected chi connectivity index (χ1v) is 17.1. The van der Waals surface area contributed by atoms with E-state index in [-0.39, 0.29) is 77.2 Å². The summed E-state index contributed by atoms with van der Waals surface area (Å²) in [5.74, 6) is 0.647. The molecule has 0 spiro atoms. The summed E-state index contributed by atoms with van der Waals surface area (Å²) in [4.78, 5) is 38.3. The minimum Gasteiger partial charge on any atom is -0.491 e. The molecule has 2 aliphatic heterocycles. The zero-order chi connectivity index (χ0) is 34.4. The number of ether oxygens (including phenoxy) is 1. The molecule has 49 heavy (non-hydrogen) atoms. The number of thiophene rings is 1. The van der Waals surface area contributed by atoms with E-state index in [9.17, 15) is 14.9 Å². The minimum atomic E-state index is -4.80. The number of nitrogens with zero attached hydrogens (tertiary/aromatic N) is 6. The Morgan fingerprint density at radius 2 is 1.96 bits per heavy atom. The van der Waals surface area contributed by atoms with Crippen molar-refractivity contribution in [3.8, 4) is 22.9 Å². The molecule has 1 amide bonds. The predicted molar refractivity (Wildman–Crippen MR) is 185 cm³/mol. The number of hydrogen-bond acceptors (Lipinski definition) is 10. The SMILES string of the molecule is C=CC(=O)N1CCN(c2nc(=O)n3c4c(c(-c5cccc6sc(NC)c(C#N)c56)c(C(F)(F)F)cc24)SCC3COc2ccncc2)CC1. The number of carbonyl (C=O) groups excluding carboxylic acids is 1. The maximum absolute atomic E-state index is 15.3. The molecule has 1 saturated heterocycles. The number of nitriles is 1. The first-order valence-electron chi connectivity index (χ1n) is 15.3. The van der Waals surface area contributed by atoms with Crippen molar-refractivity contribution in [2.75, 3.05) is 55.8 Å². The van der Waals surface area contributed by atoms with Crippen molar-refractivity contribution in [3.05, 3.63) is 83.1 Å². The lowest BCUT2D eigenvalue weighted by Crippen LogP contribution is -2.49. The molecule has 5 aromatic rings. The normalized spacial score (nSPS) is 16.1. The van der Waals surface area contributed by atoms with Gasteiger partial charge in [-0.25, -0.2) is 4.79 Å². The van der Waals surface area contributed by atoms with Crippen molar-refractivity contribution >= 4 is 60.8 Å². The van der Waals surface area contributed by atoms with Gasteiger partial charge in [-0.2, -0.15) is 23.4 Å². The highest BCUT2D eigenvalue weighted by Crippen LogP contribution is 2.52. The van der Waals surface area contributed by atoms with Gasteiger partial charge in [-0.1, -0.05) is 18.7 Å². The molecule has 3 aromatic heterocycles. The Bertz CT molecular complexity index is 2220. The lowest BCUT2D eigenvalue weighted by Gasteiger charge is -2.37. The molecule has 1 N–H and O–H groups in total. The van der Waals surface area contributed by atoms with Gasteiger partial charge in [0.2, 0.25) is 5.91 Å². The molecule has 1 fully saturated rings. The van der Waals surface area contributed by atoms with E-state index in [0.717, 1.165) is 6.07 Å². The van der Waals surface area contributed by atoms with Gasteiger partial charge in [0.15, 0.2) is 0 Å². The highest BCUT2D eigenvalue weighted by atomic mass is 32.2. The van der Waals surface area contributed by atoms with E-state index < -0.39 is 23.5 Å². The number of amides is 1. The summed E-state index contributed by atoms with van der Waals surface area (Å²) in [6.07, 6.45) is -0.425. The number of hydrogen-bond donors (Lipinski definition) is 1. The summed E-state index contributed by atoms with van der Waals surface area (Å²) in [7, 11) is 1.66. The van der Waals surface area contributed by atoms with Gasteiger partial charge >= 0.3 is 11.9 Å². The van der Waals surface area contributed by atoms with Gasteiger partial charge in [0.25, 0.3) is 0 Å². The smallest absolute Gasteiger partial charge is 0.417 e. The number of nitrogens with one attached hydrogen (secondary N) is 1. The second-order valence-corrected chi connectivity index (χ2v) is 13.5. The van der Waals surface area contributed by atoms with Crippen molar-refractivity contribution in [2.24, 2.45) is 0 Å². The molecule has 0 saturated carbocycles. The molecule has 0 aliphatic carbocycles. The maximum Gasteiger partial charge on any atom is 0.417 e. The van der Waals surface area contributed by atoms with E-state index in [0.29, 0.717) is 26.4 Å². The van der Waals surface area contributed by atoms with Gasteiger partial charge in [0, 0.05) is 77.3 Å². The Morgan fingerprint density at radius 1 is 1.20 bits per heavy atom. The van der Waals surface area contributed by atoms with Gasteiger partial charge in [-0.05, 0) is 35.9 Å². The molecule has 5 heterocycles. The van der Waals surface area contributed by atoms with Crippen LogP contribution in [0.3, 0.4) is 0 Å². The van der Waals surface area contributed by atoms with Gasteiger partial charge in [0.1, 0.15) is 29.2 Å². The molecule has 7 rings (SSSR count). The van der Waals surface area contributed by atoms with E-state index in [1.54, 1.807) is 59.6 Å². The second-order valence-electron chi connectivity index (χ2n) is 11.4. The molecule has 2 aromatic carbocycles. The molecule has 1 atom stereocenters. The van der Waals surface area contributed by atoms with Crippen LogP contribution in [-0.2, 0) is 11.0 Å². The van der Waals surface area contributed by atoms with Gasteiger partial charge < -0.3 is 19.9 Å². The molecule has 0 radical (unpaired) electrons. The van der Waals surface area contributed by atoms with Crippen molar-refractivity contribution in [2.45, 2.75) is 17.1 Å². The average Bonchev–Trinajstić information content (AvgIpc) is 3.50. The molecule has 1 unspecified atom stereocenters. The zero-order valence-electron chi connectivity index (χ0n) is 26.1. The summed E-state index contributed by atoms with van der Waals surface area (Å²) < 4.78 is 54.0. The number of anilines is 2. The van der Waals surface area contributed by atoms with Crippen LogP contribution >= 0.6 is 23.1 Å². The lowest BCUT2D eigenvalue weighted by atomic mass is 9.92. The van der Waals surface area contributed by atoms with Crippen molar-refractivity contribution in [1.29, 1.82) is 5.26 Å². The van der Waals surface area contributed by atoms with Crippen LogP contribution in [-0.4, -0.2) is 70.9 Å². The maximum atomic E-state index is 15.3. The summed E-state index contributed by atoms with van der Waals surface area (Å²) in [5, 5.41) is 14.3. The number of carbonyl (C=O) groups is 1. The quantitative estimate of drug-likeness (QED) is 0.199. The van der Waals surface area contributed by atoms with E-state index in [1.807, 2.05) is 0 Å². The van der Waals surface area contributed by atoms with Crippen LogP contribution in [0.25, 0.3) is 32.1 Å². The third-order valence-electron chi connectivity index (χ3n) is 8.72. The standard InChI is InChI=1S/C34H28F3N7O3S2/c1-3-26(45)42-11-13-43(14-12-42)31-22-15-24(34(35,36)37)28(21-5-4-6-25-27(21)23(16-38)32(39-2)49-25)30-29(22)44(33(46)41-31)19(18-48-30)17-47-20-7-9-40-10-8-20/h3-10,15,19,39H,1,11-14,17-18H2,2H3. The fraction of sp³-hybridized carbons (Fsp3) is 0.265. The van der Waals surface area contributed by atoms with Crippen molar-refractivity contribution in [1.82, 2.24) is 19.4 Å².